The van der Waals surface area contributed by atoms with Crippen LogP contribution >= 0.6 is 0 Å². The second-order valence-electron chi connectivity index (χ2n) is 8.00. The van der Waals surface area contributed by atoms with Gasteiger partial charge >= 0.3 is 0 Å². The Morgan fingerprint density at radius 3 is 2.85 bits per heavy atom. The van der Waals surface area contributed by atoms with E-state index >= 15 is 0 Å². The van der Waals surface area contributed by atoms with Crippen LogP contribution < -0.4 is 10.9 Å². The number of aromatic amines is 2. The molecule has 4 heterocycles. The van der Waals surface area contributed by atoms with E-state index in [0.717, 1.165) is 46.5 Å². The van der Waals surface area contributed by atoms with Crippen molar-refractivity contribution in [2.75, 3.05) is 11.9 Å². The number of nitrogens with zero attached hydrogens (tertiary/aromatic N) is 4. The van der Waals surface area contributed by atoms with E-state index in [4.69, 9.17) is 4.98 Å². The molecule has 8 nitrogen and oxygen atoms in total. The first-order valence-corrected chi connectivity index (χ1v) is 11.0. The highest BCUT2D eigenvalue weighted by Gasteiger charge is 2.16. The number of hydrogen-bond donors (Lipinski definition) is 3. The third kappa shape index (κ3) is 4.15. The molecule has 0 saturated heterocycles. The summed E-state index contributed by atoms with van der Waals surface area (Å²) in [6.07, 6.45) is 10.7. The normalized spacial score (nSPS) is 11.2. The van der Waals surface area contributed by atoms with Gasteiger partial charge in [0, 0.05) is 49.1 Å². The van der Waals surface area contributed by atoms with Crippen LogP contribution in [0.25, 0.3) is 28.1 Å². The highest BCUT2D eigenvalue weighted by Crippen LogP contribution is 2.27. The lowest BCUT2D eigenvalue weighted by Gasteiger charge is -2.10. The summed E-state index contributed by atoms with van der Waals surface area (Å²) in [4.78, 5) is 32.3. The van der Waals surface area contributed by atoms with Crippen LogP contribution in [0.5, 0.6) is 0 Å². The maximum atomic E-state index is 12.8. The standard InChI is InChI=1S/C25H25N7O/c1-3-17-4-5-18(29-14-17)6-8-27-20-7-9-28-25(33)22(20)24-30-21-13-19(32-11-10-26-15-32)12-16(2)23(21)31-24/h4-5,7,9-15H,3,6,8H2,1-2H3,(H,30,31)(H2,27,28,33). The number of fused-ring (bicyclic) bond motifs is 1. The van der Waals surface area contributed by atoms with E-state index in [1.54, 1.807) is 18.7 Å². The van der Waals surface area contributed by atoms with Crippen molar-refractivity contribution in [2.45, 2.75) is 26.7 Å². The van der Waals surface area contributed by atoms with Gasteiger partial charge in [-0.3, -0.25) is 9.78 Å². The summed E-state index contributed by atoms with van der Waals surface area (Å²) >= 11 is 0. The number of anilines is 1. The molecule has 8 heteroatoms. The fourth-order valence-corrected chi connectivity index (χ4v) is 3.95. The fraction of sp³-hybridized carbons (Fsp3) is 0.200. The van der Waals surface area contributed by atoms with Crippen molar-refractivity contribution in [1.29, 1.82) is 0 Å². The predicted octanol–water partition coefficient (Wildman–Crippen LogP) is 4.02. The molecule has 3 N–H and O–H groups in total. The van der Waals surface area contributed by atoms with E-state index in [1.807, 2.05) is 36.0 Å². The topological polar surface area (TPSA) is 104 Å². The number of aryl methyl sites for hydroxylation is 2. The van der Waals surface area contributed by atoms with Crippen molar-refractivity contribution in [2.24, 2.45) is 0 Å². The maximum Gasteiger partial charge on any atom is 0.261 e. The quantitative estimate of drug-likeness (QED) is 0.355. The van der Waals surface area contributed by atoms with Crippen molar-refractivity contribution in [3.05, 3.63) is 88.6 Å². The molecule has 0 atom stereocenters. The van der Waals surface area contributed by atoms with Gasteiger partial charge in [-0.1, -0.05) is 13.0 Å². The smallest absolute Gasteiger partial charge is 0.261 e. The lowest BCUT2D eigenvalue weighted by molar-refractivity contribution is 0.948. The minimum atomic E-state index is -0.197. The largest absolute Gasteiger partial charge is 0.384 e. The molecule has 33 heavy (non-hydrogen) atoms. The van der Waals surface area contributed by atoms with Gasteiger partial charge in [0.1, 0.15) is 11.4 Å². The molecule has 0 aliphatic carbocycles. The van der Waals surface area contributed by atoms with Crippen LogP contribution in [0.3, 0.4) is 0 Å². The minimum absolute atomic E-state index is 0.197. The second kappa shape index (κ2) is 8.74. The number of hydrogen-bond acceptors (Lipinski definition) is 5. The van der Waals surface area contributed by atoms with Crippen molar-refractivity contribution in [3.8, 4) is 17.1 Å². The van der Waals surface area contributed by atoms with Crippen molar-refractivity contribution >= 4 is 16.7 Å². The second-order valence-corrected chi connectivity index (χ2v) is 8.00. The fourth-order valence-electron chi connectivity index (χ4n) is 3.95. The van der Waals surface area contributed by atoms with Crippen LogP contribution in [0.1, 0.15) is 23.7 Å². The van der Waals surface area contributed by atoms with Crippen LogP contribution in [0.15, 0.2) is 66.2 Å². The molecule has 0 fully saturated rings. The van der Waals surface area contributed by atoms with E-state index in [-0.39, 0.29) is 5.56 Å². The molecule has 0 bridgehead atoms. The Morgan fingerprint density at radius 1 is 1.18 bits per heavy atom. The SMILES string of the molecule is CCc1ccc(CCNc2cc[nH]c(=O)c2-c2nc3c(C)cc(-n4ccnc4)cc3[nH]2)nc1. The molecule has 166 valence electrons. The van der Waals surface area contributed by atoms with Crippen LogP contribution in [-0.2, 0) is 12.8 Å². The predicted molar refractivity (Wildman–Crippen MR) is 130 cm³/mol. The van der Waals surface area contributed by atoms with Gasteiger partial charge in [0.15, 0.2) is 0 Å². The van der Waals surface area contributed by atoms with Gasteiger partial charge in [-0.2, -0.15) is 0 Å². The molecule has 4 aromatic heterocycles. The van der Waals surface area contributed by atoms with E-state index in [1.165, 1.54) is 5.56 Å². The molecule has 0 spiro atoms. The minimum Gasteiger partial charge on any atom is -0.384 e. The average molecular weight is 440 g/mol. The Balaban J connectivity index is 1.44. The van der Waals surface area contributed by atoms with E-state index in [9.17, 15) is 4.79 Å². The van der Waals surface area contributed by atoms with Crippen LogP contribution in [0.4, 0.5) is 5.69 Å². The molecule has 0 aliphatic heterocycles. The number of pyridine rings is 2. The van der Waals surface area contributed by atoms with Gasteiger partial charge in [-0.05, 0) is 48.7 Å². The van der Waals surface area contributed by atoms with Gasteiger partial charge < -0.3 is 19.9 Å². The first-order chi connectivity index (χ1) is 16.1. The molecule has 5 rings (SSSR count). The van der Waals surface area contributed by atoms with E-state index in [0.29, 0.717) is 17.9 Å². The number of rotatable bonds is 7. The zero-order valence-electron chi connectivity index (χ0n) is 18.6. The van der Waals surface area contributed by atoms with Crippen molar-refractivity contribution in [3.63, 3.8) is 0 Å². The lowest BCUT2D eigenvalue weighted by Crippen LogP contribution is -2.14. The van der Waals surface area contributed by atoms with Crippen molar-refractivity contribution < 1.29 is 0 Å². The highest BCUT2D eigenvalue weighted by atomic mass is 16.1. The zero-order chi connectivity index (χ0) is 22.8. The highest BCUT2D eigenvalue weighted by molar-refractivity contribution is 5.86. The Morgan fingerprint density at radius 2 is 2.09 bits per heavy atom. The van der Waals surface area contributed by atoms with Gasteiger partial charge in [0.25, 0.3) is 5.56 Å². The summed E-state index contributed by atoms with van der Waals surface area (Å²) < 4.78 is 1.94. The molecule has 1 aromatic carbocycles. The number of H-pyrrole nitrogens is 2. The monoisotopic (exact) mass is 439 g/mol. The first-order valence-electron chi connectivity index (χ1n) is 11.0. The van der Waals surface area contributed by atoms with Crippen molar-refractivity contribution in [1.82, 2.24) is 29.5 Å². The molecule has 5 aromatic rings. The maximum absolute atomic E-state index is 12.8. The van der Waals surface area contributed by atoms with E-state index in [2.05, 4.69) is 50.4 Å². The molecule has 0 amide bonds. The molecule has 0 saturated carbocycles. The molecule has 0 aliphatic rings. The lowest BCUT2D eigenvalue weighted by atomic mass is 10.2. The van der Waals surface area contributed by atoms with Crippen LogP contribution in [0, 0.1) is 6.92 Å². The van der Waals surface area contributed by atoms with Gasteiger partial charge in [0.05, 0.1) is 23.0 Å². The summed E-state index contributed by atoms with van der Waals surface area (Å²) in [5.74, 6) is 0.533. The summed E-state index contributed by atoms with van der Waals surface area (Å²) in [5.41, 5.74) is 6.96. The van der Waals surface area contributed by atoms with Gasteiger partial charge in [0.2, 0.25) is 0 Å². The third-order valence-corrected chi connectivity index (χ3v) is 5.75. The van der Waals surface area contributed by atoms with Gasteiger partial charge in [-0.25, -0.2) is 9.97 Å². The molecule has 0 unspecified atom stereocenters. The molecule has 0 radical (unpaired) electrons. The Hall–Kier alpha value is -4.20. The summed E-state index contributed by atoms with van der Waals surface area (Å²) in [6, 6.07) is 10.1. The number of benzene rings is 1. The average Bonchev–Trinajstić information content (AvgIpc) is 3.50. The van der Waals surface area contributed by atoms with Crippen LogP contribution in [0.2, 0.25) is 0 Å². The summed E-state index contributed by atoms with van der Waals surface area (Å²) in [6.45, 7) is 4.78. The Bertz CT molecular complexity index is 1450. The molecular formula is C25H25N7O. The van der Waals surface area contributed by atoms with Crippen LogP contribution in [-0.4, -0.2) is 36.0 Å². The number of nitrogens with one attached hydrogen (secondary N) is 3. The third-order valence-electron chi connectivity index (χ3n) is 5.75. The van der Waals surface area contributed by atoms with Gasteiger partial charge in [-0.15, -0.1) is 0 Å². The molecular weight excluding hydrogens is 414 g/mol. The number of aromatic nitrogens is 6. The number of imidazole rings is 2. The van der Waals surface area contributed by atoms with E-state index < -0.39 is 0 Å². The summed E-state index contributed by atoms with van der Waals surface area (Å²) in [5, 5.41) is 3.39. The first kappa shape index (κ1) is 20.7. The Kier molecular flexibility index (Phi) is 5.48. The Labute approximate surface area is 190 Å². The zero-order valence-corrected chi connectivity index (χ0v) is 18.6. The summed E-state index contributed by atoms with van der Waals surface area (Å²) in [7, 11) is 0.